The van der Waals surface area contributed by atoms with E-state index in [-0.39, 0.29) is 0 Å². The predicted octanol–water partition coefficient (Wildman–Crippen LogP) is 2.45. The Kier molecular flexibility index (Phi) is 3.18. The zero-order chi connectivity index (χ0) is 12.3. The Labute approximate surface area is 100 Å². The minimum absolute atomic E-state index is 0.729. The van der Waals surface area contributed by atoms with Crippen LogP contribution in [0.25, 0.3) is 11.8 Å². The molecule has 2 aromatic rings. The topological polar surface area (TPSA) is 48.0 Å². The fourth-order valence-electron chi connectivity index (χ4n) is 1.53. The van der Waals surface area contributed by atoms with Crippen LogP contribution < -0.4 is 0 Å². The van der Waals surface area contributed by atoms with E-state index < -0.39 is 0 Å². The van der Waals surface area contributed by atoms with Gasteiger partial charge in [-0.25, -0.2) is 9.67 Å². The third-order valence-corrected chi connectivity index (χ3v) is 2.54. The summed E-state index contributed by atoms with van der Waals surface area (Å²) in [4.78, 5) is 3.88. The van der Waals surface area contributed by atoms with Crippen LogP contribution in [0, 0.1) is 0 Å². The molecule has 0 bridgehead atoms. The molecule has 0 aliphatic heterocycles. The first-order chi connectivity index (χ1) is 8.24. The molecule has 0 aromatic carbocycles. The van der Waals surface area contributed by atoms with Gasteiger partial charge in [0.25, 0.3) is 0 Å². The molecule has 0 N–H and O–H groups in total. The summed E-state index contributed by atoms with van der Waals surface area (Å²) in [6.45, 7) is 8.45. The highest BCUT2D eigenvalue weighted by molar-refractivity contribution is 5.73. The van der Waals surface area contributed by atoms with Crippen LogP contribution in [0.5, 0.6) is 0 Å². The van der Waals surface area contributed by atoms with E-state index in [4.69, 9.17) is 0 Å². The quantitative estimate of drug-likeness (QED) is 0.756. The van der Waals surface area contributed by atoms with Crippen molar-refractivity contribution in [3.63, 3.8) is 0 Å². The number of aromatic nitrogens is 4. The monoisotopic (exact) mass is 229 g/mol. The number of hydrogen-bond donors (Lipinski definition) is 0. The Bertz CT molecular complexity index is 547. The third-order valence-electron chi connectivity index (χ3n) is 2.54. The number of aliphatic imine (C=N–C) groups is 1. The zero-order valence-corrected chi connectivity index (χ0v) is 10.0. The lowest BCUT2D eigenvalue weighted by Crippen LogP contribution is -1.92. The van der Waals surface area contributed by atoms with Crippen molar-refractivity contribution in [2.24, 2.45) is 4.99 Å². The third kappa shape index (κ3) is 2.33. The van der Waals surface area contributed by atoms with Gasteiger partial charge in [-0.1, -0.05) is 0 Å². The van der Waals surface area contributed by atoms with E-state index in [1.165, 1.54) is 0 Å². The number of aryl methyl sites for hydroxylation is 1. The smallest absolute Gasteiger partial charge is 0.154 e. The number of allylic oxidation sites excluding steroid dienone is 1. The Morgan fingerprint density at radius 3 is 3.00 bits per heavy atom. The molecular weight excluding hydrogens is 214 g/mol. The van der Waals surface area contributed by atoms with Gasteiger partial charge in [0, 0.05) is 30.6 Å². The van der Waals surface area contributed by atoms with E-state index >= 15 is 0 Å². The first kappa shape index (κ1) is 11.3. The molecule has 0 aliphatic carbocycles. The second-order valence-electron chi connectivity index (χ2n) is 3.69. The van der Waals surface area contributed by atoms with Gasteiger partial charge in [-0.2, -0.15) is 10.2 Å². The number of rotatable bonds is 4. The van der Waals surface area contributed by atoms with Crippen molar-refractivity contribution in [2.75, 3.05) is 0 Å². The van der Waals surface area contributed by atoms with E-state index in [2.05, 4.69) is 28.8 Å². The van der Waals surface area contributed by atoms with Crippen molar-refractivity contribution in [1.29, 1.82) is 0 Å². The van der Waals surface area contributed by atoms with Crippen LogP contribution in [0.1, 0.15) is 19.4 Å². The van der Waals surface area contributed by atoms with Gasteiger partial charge in [0.1, 0.15) is 0 Å². The number of hydrogen-bond acceptors (Lipinski definition) is 3. The SMILES string of the molecule is C=Nc1ccnn1/C=C(\C)c1cnn(CC)c1. The lowest BCUT2D eigenvalue weighted by molar-refractivity contribution is 0.659. The summed E-state index contributed by atoms with van der Waals surface area (Å²) in [5.41, 5.74) is 2.16. The lowest BCUT2D eigenvalue weighted by Gasteiger charge is -1.99. The molecule has 2 rings (SSSR count). The van der Waals surface area contributed by atoms with Crippen LogP contribution in [0.2, 0.25) is 0 Å². The Morgan fingerprint density at radius 1 is 1.53 bits per heavy atom. The minimum atomic E-state index is 0.729. The maximum atomic E-state index is 4.24. The van der Waals surface area contributed by atoms with Gasteiger partial charge < -0.3 is 0 Å². The summed E-state index contributed by atoms with van der Waals surface area (Å²) < 4.78 is 3.59. The van der Waals surface area contributed by atoms with E-state index in [1.54, 1.807) is 10.9 Å². The first-order valence-corrected chi connectivity index (χ1v) is 5.46. The lowest BCUT2D eigenvalue weighted by atomic mass is 10.2. The average molecular weight is 229 g/mol. The molecule has 0 unspecified atom stereocenters. The molecule has 2 aromatic heterocycles. The predicted molar refractivity (Wildman–Crippen MR) is 69.2 cm³/mol. The molecule has 5 nitrogen and oxygen atoms in total. The largest absolute Gasteiger partial charge is 0.272 e. The summed E-state index contributed by atoms with van der Waals surface area (Å²) >= 11 is 0. The maximum absolute atomic E-state index is 4.24. The Morgan fingerprint density at radius 2 is 2.35 bits per heavy atom. The second-order valence-corrected chi connectivity index (χ2v) is 3.69. The van der Waals surface area contributed by atoms with Crippen LogP contribution in [0.15, 0.2) is 29.6 Å². The van der Waals surface area contributed by atoms with Crippen molar-refractivity contribution in [1.82, 2.24) is 19.6 Å². The van der Waals surface area contributed by atoms with E-state index in [1.807, 2.05) is 36.3 Å². The zero-order valence-electron chi connectivity index (χ0n) is 10.0. The molecule has 0 fully saturated rings. The molecule has 0 saturated carbocycles. The van der Waals surface area contributed by atoms with Crippen molar-refractivity contribution in [3.05, 3.63) is 30.2 Å². The number of nitrogens with zero attached hydrogens (tertiary/aromatic N) is 5. The molecule has 17 heavy (non-hydrogen) atoms. The van der Waals surface area contributed by atoms with Gasteiger partial charge in [-0.15, -0.1) is 0 Å². The summed E-state index contributed by atoms with van der Waals surface area (Å²) in [6.07, 6.45) is 7.47. The van der Waals surface area contributed by atoms with E-state index in [0.717, 1.165) is 23.5 Å². The molecule has 0 saturated heterocycles. The molecular formula is C12H15N5. The van der Waals surface area contributed by atoms with Crippen molar-refractivity contribution in [3.8, 4) is 0 Å². The van der Waals surface area contributed by atoms with Crippen LogP contribution in [-0.2, 0) is 6.54 Å². The molecule has 0 spiro atoms. The fourth-order valence-corrected chi connectivity index (χ4v) is 1.53. The van der Waals surface area contributed by atoms with E-state index in [9.17, 15) is 0 Å². The molecule has 88 valence electrons. The van der Waals surface area contributed by atoms with Crippen molar-refractivity contribution in [2.45, 2.75) is 20.4 Å². The van der Waals surface area contributed by atoms with Gasteiger partial charge in [-0.3, -0.25) is 4.68 Å². The van der Waals surface area contributed by atoms with Crippen LogP contribution in [0.3, 0.4) is 0 Å². The maximum Gasteiger partial charge on any atom is 0.154 e. The van der Waals surface area contributed by atoms with Gasteiger partial charge >= 0.3 is 0 Å². The molecule has 0 radical (unpaired) electrons. The highest BCUT2D eigenvalue weighted by Gasteiger charge is 2.02. The summed E-state index contributed by atoms with van der Waals surface area (Å²) in [6, 6.07) is 1.81. The molecule has 0 amide bonds. The van der Waals surface area contributed by atoms with Crippen molar-refractivity contribution >= 4 is 24.3 Å². The molecule has 0 aliphatic rings. The highest BCUT2D eigenvalue weighted by Crippen LogP contribution is 2.17. The standard InChI is InChI=1S/C12H15N5/c1-4-16-9-11(7-15-16)10(2)8-17-12(13-3)5-6-14-17/h5-9H,3-4H2,1-2H3/b10-8+. The van der Waals surface area contributed by atoms with Crippen LogP contribution in [-0.4, -0.2) is 26.3 Å². The van der Waals surface area contributed by atoms with Crippen molar-refractivity contribution < 1.29 is 0 Å². The minimum Gasteiger partial charge on any atom is -0.272 e. The summed E-state index contributed by atoms with van der Waals surface area (Å²) in [7, 11) is 0. The van der Waals surface area contributed by atoms with Gasteiger partial charge in [-0.05, 0) is 26.1 Å². The van der Waals surface area contributed by atoms with Crippen LogP contribution in [0.4, 0.5) is 5.82 Å². The molecule has 0 atom stereocenters. The second kappa shape index (κ2) is 4.78. The fraction of sp³-hybridized carbons (Fsp3) is 0.250. The Hall–Kier alpha value is -2.17. The first-order valence-electron chi connectivity index (χ1n) is 5.46. The normalized spacial score (nSPS) is 11.8. The highest BCUT2D eigenvalue weighted by atomic mass is 15.3. The summed E-state index contributed by atoms with van der Waals surface area (Å²) in [5.74, 6) is 0.729. The molecule has 5 heteroatoms. The van der Waals surface area contributed by atoms with Gasteiger partial charge in [0.15, 0.2) is 5.82 Å². The summed E-state index contributed by atoms with van der Waals surface area (Å²) in [5, 5.41) is 8.40. The van der Waals surface area contributed by atoms with Gasteiger partial charge in [0.2, 0.25) is 0 Å². The average Bonchev–Trinajstić information content (AvgIpc) is 2.96. The van der Waals surface area contributed by atoms with Crippen LogP contribution >= 0.6 is 0 Å². The van der Waals surface area contributed by atoms with Gasteiger partial charge in [0.05, 0.1) is 12.4 Å². The molecule has 2 heterocycles. The van der Waals surface area contributed by atoms with E-state index in [0.29, 0.717) is 0 Å². The Balaban J connectivity index is 2.30.